The third-order valence-electron chi connectivity index (χ3n) is 5.06. The van der Waals surface area contributed by atoms with E-state index >= 15 is 0 Å². The molecule has 0 radical (unpaired) electrons. The Morgan fingerprint density at radius 1 is 1.32 bits per heavy atom. The summed E-state index contributed by atoms with van der Waals surface area (Å²) in [5, 5.41) is 2.91. The van der Waals surface area contributed by atoms with E-state index < -0.39 is 29.9 Å². The van der Waals surface area contributed by atoms with E-state index in [1.807, 2.05) is 0 Å². The van der Waals surface area contributed by atoms with Crippen LogP contribution >= 0.6 is 0 Å². The highest BCUT2D eigenvalue weighted by atomic mass is 19.4. The van der Waals surface area contributed by atoms with Crippen LogP contribution in [0.1, 0.15) is 48.5 Å². The molecule has 4 nitrogen and oxygen atoms in total. The maximum Gasteiger partial charge on any atom is 0.391 e. The van der Waals surface area contributed by atoms with Crippen molar-refractivity contribution in [3.05, 3.63) is 41.3 Å². The van der Waals surface area contributed by atoms with Crippen LogP contribution in [0, 0.1) is 12.7 Å². The maximum atomic E-state index is 13.9. The maximum absolute atomic E-state index is 13.9. The first-order chi connectivity index (χ1) is 13.1. The molecule has 1 unspecified atom stereocenters. The van der Waals surface area contributed by atoms with Crippen molar-refractivity contribution in [3.8, 4) is 0 Å². The van der Waals surface area contributed by atoms with Gasteiger partial charge in [0.25, 0.3) is 5.91 Å². The summed E-state index contributed by atoms with van der Waals surface area (Å²) in [7, 11) is 0. The van der Waals surface area contributed by atoms with Crippen LogP contribution < -0.4 is 5.32 Å². The number of fused-ring (bicyclic) bond motifs is 1. The summed E-state index contributed by atoms with van der Waals surface area (Å²) in [6.45, 7) is 2.70. The van der Waals surface area contributed by atoms with Crippen LogP contribution in [0.25, 0.3) is 10.9 Å². The Hall–Kier alpha value is -2.22. The van der Waals surface area contributed by atoms with Crippen molar-refractivity contribution < 1.29 is 27.1 Å². The molecular formula is C20H22F4N2O2. The molecule has 1 fully saturated rings. The minimum atomic E-state index is -4.47. The molecule has 3 rings (SSSR count). The SMILES string of the molecule is Cc1c(C(=O)NC(C)(COC2CCC2)CC(F)(F)F)cnc2c(F)cccc12. The molecule has 0 saturated heterocycles. The van der Waals surface area contributed by atoms with Gasteiger partial charge in [-0.05, 0) is 44.7 Å². The number of carbonyl (C=O) groups is 1. The Bertz CT molecular complexity index is 880. The number of amides is 1. The van der Waals surface area contributed by atoms with Crippen LogP contribution in [0.4, 0.5) is 17.6 Å². The zero-order valence-corrected chi connectivity index (χ0v) is 15.7. The van der Waals surface area contributed by atoms with Gasteiger partial charge in [-0.2, -0.15) is 13.2 Å². The zero-order chi connectivity index (χ0) is 20.5. The van der Waals surface area contributed by atoms with Gasteiger partial charge in [-0.3, -0.25) is 9.78 Å². The van der Waals surface area contributed by atoms with Crippen molar-refractivity contribution in [1.82, 2.24) is 10.3 Å². The summed E-state index contributed by atoms with van der Waals surface area (Å²) in [4.78, 5) is 16.7. The smallest absolute Gasteiger partial charge is 0.376 e. The number of benzene rings is 1. The van der Waals surface area contributed by atoms with Crippen molar-refractivity contribution in [2.75, 3.05) is 6.61 Å². The van der Waals surface area contributed by atoms with Crippen molar-refractivity contribution in [2.24, 2.45) is 0 Å². The van der Waals surface area contributed by atoms with Gasteiger partial charge in [0.05, 0.1) is 30.2 Å². The molecule has 0 spiro atoms. The largest absolute Gasteiger partial charge is 0.391 e. The molecule has 1 amide bonds. The summed E-state index contributed by atoms with van der Waals surface area (Å²) in [6.07, 6.45) is -1.93. The van der Waals surface area contributed by atoms with E-state index in [1.54, 1.807) is 13.0 Å². The fraction of sp³-hybridized carbons (Fsp3) is 0.500. The normalized spacial score (nSPS) is 17.2. The van der Waals surface area contributed by atoms with E-state index in [0.29, 0.717) is 10.9 Å². The Labute approximate surface area is 160 Å². The minimum Gasteiger partial charge on any atom is -0.376 e. The van der Waals surface area contributed by atoms with Crippen molar-refractivity contribution in [1.29, 1.82) is 0 Å². The van der Waals surface area contributed by atoms with E-state index in [1.165, 1.54) is 25.3 Å². The molecule has 1 aromatic heterocycles. The highest BCUT2D eigenvalue weighted by molar-refractivity contribution is 6.00. The van der Waals surface area contributed by atoms with Crippen LogP contribution in [0.3, 0.4) is 0 Å². The van der Waals surface area contributed by atoms with Crippen molar-refractivity contribution >= 4 is 16.8 Å². The van der Waals surface area contributed by atoms with Crippen LogP contribution in [-0.4, -0.2) is 35.3 Å². The van der Waals surface area contributed by atoms with Gasteiger partial charge in [0.1, 0.15) is 11.3 Å². The number of hydrogen-bond donors (Lipinski definition) is 1. The average Bonchev–Trinajstić information content (AvgIpc) is 2.52. The first-order valence-electron chi connectivity index (χ1n) is 9.13. The fourth-order valence-corrected chi connectivity index (χ4v) is 3.30. The lowest BCUT2D eigenvalue weighted by Crippen LogP contribution is -2.53. The van der Waals surface area contributed by atoms with Crippen molar-refractivity contribution in [2.45, 2.75) is 57.3 Å². The van der Waals surface area contributed by atoms with Crippen molar-refractivity contribution in [3.63, 3.8) is 0 Å². The Morgan fingerprint density at radius 3 is 2.64 bits per heavy atom. The average molecular weight is 398 g/mol. The summed E-state index contributed by atoms with van der Waals surface area (Å²) in [6, 6.07) is 4.37. The quantitative estimate of drug-likeness (QED) is 0.718. The molecule has 1 N–H and O–H groups in total. The molecule has 1 saturated carbocycles. The second-order valence-corrected chi connectivity index (χ2v) is 7.60. The van der Waals surface area contributed by atoms with E-state index in [2.05, 4.69) is 10.3 Å². The number of nitrogens with zero attached hydrogens (tertiary/aromatic N) is 1. The summed E-state index contributed by atoms with van der Waals surface area (Å²) >= 11 is 0. The molecular weight excluding hydrogens is 376 g/mol. The molecule has 0 bridgehead atoms. The van der Waals surface area contributed by atoms with Gasteiger partial charge in [-0.1, -0.05) is 12.1 Å². The Balaban J connectivity index is 1.84. The van der Waals surface area contributed by atoms with Crippen LogP contribution in [0.5, 0.6) is 0 Å². The third-order valence-corrected chi connectivity index (χ3v) is 5.06. The molecule has 152 valence electrons. The number of aromatic nitrogens is 1. The molecule has 1 heterocycles. The van der Waals surface area contributed by atoms with E-state index in [0.717, 1.165) is 19.3 Å². The lowest BCUT2D eigenvalue weighted by atomic mass is 9.94. The molecule has 1 aliphatic carbocycles. The zero-order valence-electron chi connectivity index (χ0n) is 15.7. The predicted octanol–water partition coefficient (Wildman–Crippen LogP) is 4.69. The van der Waals surface area contributed by atoms with Crippen LogP contribution in [0.15, 0.2) is 24.4 Å². The van der Waals surface area contributed by atoms with Gasteiger partial charge in [-0.25, -0.2) is 4.39 Å². The summed E-state index contributed by atoms with van der Waals surface area (Å²) in [5.74, 6) is -1.22. The third kappa shape index (κ3) is 4.60. The number of ether oxygens (including phenoxy) is 1. The monoisotopic (exact) mass is 398 g/mol. The number of hydrogen-bond acceptors (Lipinski definition) is 3. The number of alkyl halides is 3. The highest BCUT2D eigenvalue weighted by Gasteiger charge is 2.41. The molecule has 2 aromatic rings. The Morgan fingerprint density at radius 2 is 2.04 bits per heavy atom. The standard InChI is InChI=1S/C20H22F4N2O2/c1-12-14-7-4-8-16(21)17(14)25-9-15(12)18(27)26-19(2,10-20(22,23)24)11-28-13-5-3-6-13/h4,7-9,13H,3,5-6,10-11H2,1-2H3,(H,26,27). The van der Waals surface area contributed by atoms with Gasteiger partial charge < -0.3 is 10.1 Å². The van der Waals surface area contributed by atoms with E-state index in [9.17, 15) is 22.4 Å². The second kappa shape index (κ2) is 7.66. The van der Waals surface area contributed by atoms with Gasteiger partial charge in [-0.15, -0.1) is 0 Å². The second-order valence-electron chi connectivity index (χ2n) is 7.60. The molecule has 28 heavy (non-hydrogen) atoms. The first kappa shape index (κ1) is 20.5. The molecule has 0 aliphatic heterocycles. The fourth-order valence-electron chi connectivity index (χ4n) is 3.30. The van der Waals surface area contributed by atoms with E-state index in [-0.39, 0.29) is 23.8 Å². The van der Waals surface area contributed by atoms with Crippen LogP contribution in [-0.2, 0) is 4.74 Å². The van der Waals surface area contributed by atoms with Gasteiger partial charge >= 0.3 is 6.18 Å². The number of nitrogens with one attached hydrogen (secondary N) is 1. The number of halogens is 4. The van der Waals surface area contributed by atoms with Gasteiger partial charge in [0.15, 0.2) is 0 Å². The van der Waals surface area contributed by atoms with Crippen LogP contribution in [0.2, 0.25) is 0 Å². The van der Waals surface area contributed by atoms with Gasteiger partial charge in [0.2, 0.25) is 0 Å². The van der Waals surface area contributed by atoms with E-state index in [4.69, 9.17) is 4.74 Å². The summed E-state index contributed by atoms with van der Waals surface area (Å²) in [5.41, 5.74) is -0.941. The Kier molecular flexibility index (Phi) is 5.61. The predicted molar refractivity (Wildman–Crippen MR) is 96.6 cm³/mol. The number of para-hydroxylation sites is 1. The number of rotatable bonds is 6. The first-order valence-corrected chi connectivity index (χ1v) is 9.13. The molecule has 1 aromatic carbocycles. The highest BCUT2D eigenvalue weighted by Crippen LogP contribution is 2.31. The van der Waals surface area contributed by atoms with Gasteiger partial charge in [0, 0.05) is 11.6 Å². The minimum absolute atomic E-state index is 0.0588. The topological polar surface area (TPSA) is 51.2 Å². The lowest BCUT2D eigenvalue weighted by molar-refractivity contribution is -0.156. The summed E-state index contributed by atoms with van der Waals surface area (Å²) < 4.78 is 58.7. The number of aryl methyl sites for hydroxylation is 1. The number of carbonyl (C=O) groups excluding carboxylic acids is 1. The molecule has 1 atom stereocenters. The molecule has 8 heteroatoms. The molecule has 1 aliphatic rings. The lowest BCUT2D eigenvalue weighted by Gasteiger charge is -2.35. The number of pyridine rings is 1.